The predicted octanol–water partition coefficient (Wildman–Crippen LogP) is 1.85. The number of nitrogens with one attached hydrogen (secondary N) is 1. The quantitative estimate of drug-likeness (QED) is 0.925. The summed E-state index contributed by atoms with van der Waals surface area (Å²) in [5, 5.41) is 2.87. The smallest absolute Gasteiger partial charge is 0.254 e. The zero-order valence-electron chi connectivity index (χ0n) is 11.4. The summed E-state index contributed by atoms with van der Waals surface area (Å²) < 4.78 is 26.4. The molecule has 1 aliphatic heterocycles. The van der Waals surface area contributed by atoms with E-state index in [2.05, 4.69) is 5.32 Å². The number of benzene rings is 1. The average Bonchev–Trinajstić information content (AvgIpc) is 3.09. The Labute approximate surface area is 121 Å². The van der Waals surface area contributed by atoms with Crippen LogP contribution in [-0.2, 0) is 4.79 Å². The van der Waals surface area contributed by atoms with Crippen LogP contribution in [0.5, 0.6) is 0 Å². The van der Waals surface area contributed by atoms with Crippen molar-refractivity contribution < 1.29 is 18.4 Å². The lowest BCUT2D eigenvalue weighted by Gasteiger charge is -2.24. The van der Waals surface area contributed by atoms with E-state index in [4.69, 9.17) is 0 Å². The molecule has 1 atom stereocenters. The maximum Gasteiger partial charge on any atom is 0.254 e. The maximum atomic E-state index is 13.2. The van der Waals surface area contributed by atoms with Crippen molar-refractivity contribution in [1.82, 2.24) is 10.2 Å². The molecule has 0 radical (unpaired) electrons. The van der Waals surface area contributed by atoms with Crippen LogP contribution < -0.4 is 5.32 Å². The molecule has 21 heavy (non-hydrogen) atoms. The number of likely N-dealkylation sites (tertiary alicyclic amines) is 1. The molecule has 1 unspecified atom stereocenters. The van der Waals surface area contributed by atoms with Crippen LogP contribution in [0.15, 0.2) is 18.2 Å². The highest BCUT2D eigenvalue weighted by Crippen LogP contribution is 2.24. The average molecular weight is 294 g/mol. The highest BCUT2D eigenvalue weighted by Gasteiger charge is 2.36. The van der Waals surface area contributed by atoms with Gasteiger partial charge in [-0.25, -0.2) is 8.78 Å². The predicted molar refractivity (Wildman–Crippen MR) is 71.6 cm³/mol. The highest BCUT2D eigenvalue weighted by atomic mass is 19.1. The Morgan fingerprint density at radius 1 is 1.10 bits per heavy atom. The van der Waals surface area contributed by atoms with Crippen LogP contribution >= 0.6 is 0 Å². The fourth-order valence-corrected chi connectivity index (χ4v) is 2.65. The van der Waals surface area contributed by atoms with Gasteiger partial charge in [0.25, 0.3) is 5.91 Å². The second kappa shape index (κ2) is 5.42. The molecule has 1 saturated carbocycles. The van der Waals surface area contributed by atoms with Crippen LogP contribution in [-0.4, -0.2) is 35.3 Å². The number of amides is 2. The van der Waals surface area contributed by atoms with Gasteiger partial charge in [-0.15, -0.1) is 0 Å². The molecule has 1 aromatic carbocycles. The summed E-state index contributed by atoms with van der Waals surface area (Å²) in [6, 6.07) is 2.41. The van der Waals surface area contributed by atoms with Crippen LogP contribution in [0, 0.1) is 11.6 Å². The van der Waals surface area contributed by atoms with E-state index in [-0.39, 0.29) is 17.5 Å². The van der Waals surface area contributed by atoms with Crippen molar-refractivity contribution in [2.24, 2.45) is 0 Å². The molecule has 1 saturated heterocycles. The van der Waals surface area contributed by atoms with Gasteiger partial charge in [0.15, 0.2) is 0 Å². The van der Waals surface area contributed by atoms with E-state index in [0.29, 0.717) is 19.4 Å². The van der Waals surface area contributed by atoms with Gasteiger partial charge in [0.05, 0.1) is 0 Å². The summed E-state index contributed by atoms with van der Waals surface area (Å²) in [5.74, 6) is -2.25. The number of carbonyl (C=O) groups excluding carboxylic acids is 2. The molecule has 1 heterocycles. The van der Waals surface area contributed by atoms with Gasteiger partial charge in [-0.05, 0) is 37.8 Å². The molecule has 112 valence electrons. The molecule has 4 nitrogen and oxygen atoms in total. The van der Waals surface area contributed by atoms with Crippen LogP contribution in [0.2, 0.25) is 0 Å². The van der Waals surface area contributed by atoms with Crippen LogP contribution in [0.3, 0.4) is 0 Å². The first-order chi connectivity index (χ1) is 10.0. The van der Waals surface area contributed by atoms with E-state index in [0.717, 1.165) is 31.0 Å². The first-order valence-corrected chi connectivity index (χ1v) is 7.12. The third kappa shape index (κ3) is 3.04. The maximum absolute atomic E-state index is 13.2. The minimum atomic E-state index is -0.795. The Morgan fingerprint density at radius 3 is 2.38 bits per heavy atom. The molecule has 2 fully saturated rings. The Kier molecular flexibility index (Phi) is 3.61. The van der Waals surface area contributed by atoms with E-state index < -0.39 is 23.6 Å². The van der Waals surface area contributed by atoms with Gasteiger partial charge in [-0.1, -0.05) is 0 Å². The Morgan fingerprint density at radius 2 is 1.76 bits per heavy atom. The Bertz CT molecular complexity index is 567. The van der Waals surface area contributed by atoms with Crippen molar-refractivity contribution in [2.45, 2.75) is 37.8 Å². The third-order valence-electron chi connectivity index (χ3n) is 3.85. The largest absolute Gasteiger partial charge is 0.352 e. The molecule has 1 N–H and O–H groups in total. The lowest BCUT2D eigenvalue weighted by Crippen LogP contribution is -2.46. The van der Waals surface area contributed by atoms with E-state index in [1.165, 1.54) is 4.90 Å². The first kappa shape index (κ1) is 14.0. The molecule has 3 rings (SSSR count). The number of rotatable bonds is 3. The summed E-state index contributed by atoms with van der Waals surface area (Å²) in [7, 11) is 0. The lowest BCUT2D eigenvalue weighted by molar-refractivity contribution is -0.125. The van der Waals surface area contributed by atoms with Crippen molar-refractivity contribution in [3.8, 4) is 0 Å². The monoisotopic (exact) mass is 294 g/mol. The molecule has 6 heteroatoms. The number of carbonyl (C=O) groups is 2. The van der Waals surface area contributed by atoms with E-state index >= 15 is 0 Å². The Balaban J connectivity index is 1.77. The summed E-state index contributed by atoms with van der Waals surface area (Å²) >= 11 is 0. The summed E-state index contributed by atoms with van der Waals surface area (Å²) in [4.78, 5) is 25.9. The van der Waals surface area contributed by atoms with Crippen LogP contribution in [0.4, 0.5) is 8.78 Å². The molecular weight excluding hydrogens is 278 g/mol. The highest BCUT2D eigenvalue weighted by molar-refractivity contribution is 5.98. The molecule has 1 aliphatic carbocycles. The van der Waals surface area contributed by atoms with Gasteiger partial charge < -0.3 is 10.2 Å². The van der Waals surface area contributed by atoms with E-state index in [1.54, 1.807) is 0 Å². The van der Waals surface area contributed by atoms with Crippen LogP contribution in [0.25, 0.3) is 0 Å². The van der Waals surface area contributed by atoms with Crippen molar-refractivity contribution in [2.75, 3.05) is 6.54 Å². The first-order valence-electron chi connectivity index (χ1n) is 7.12. The second-order valence-corrected chi connectivity index (χ2v) is 5.60. The number of nitrogens with zero attached hydrogens (tertiary/aromatic N) is 1. The minimum absolute atomic E-state index is 0.0568. The normalized spacial score (nSPS) is 21.4. The standard InChI is InChI=1S/C15H16F2N2O2/c16-10-6-9(7-11(17)8-10)15(21)19-5-1-2-13(19)14(20)18-12-3-4-12/h6-8,12-13H,1-5H2,(H,18,20). The lowest BCUT2D eigenvalue weighted by atomic mass is 10.1. The van der Waals surface area contributed by atoms with Gasteiger partial charge in [0, 0.05) is 24.2 Å². The number of hydrogen-bond acceptors (Lipinski definition) is 2. The summed E-state index contributed by atoms with van der Waals surface area (Å²) in [5.41, 5.74) is -0.0568. The molecule has 2 aliphatic rings. The third-order valence-corrected chi connectivity index (χ3v) is 3.85. The van der Waals surface area contributed by atoms with Crippen molar-refractivity contribution >= 4 is 11.8 Å². The molecular formula is C15H16F2N2O2. The zero-order chi connectivity index (χ0) is 15.0. The van der Waals surface area contributed by atoms with Gasteiger partial charge >= 0.3 is 0 Å². The molecule has 0 bridgehead atoms. The summed E-state index contributed by atoms with van der Waals surface area (Å²) in [6.45, 7) is 0.430. The number of halogens is 2. The topological polar surface area (TPSA) is 49.4 Å². The zero-order valence-corrected chi connectivity index (χ0v) is 11.4. The van der Waals surface area contributed by atoms with Crippen molar-refractivity contribution in [3.05, 3.63) is 35.4 Å². The van der Waals surface area contributed by atoms with Gasteiger partial charge in [0.2, 0.25) is 5.91 Å². The van der Waals surface area contributed by atoms with Crippen molar-refractivity contribution in [1.29, 1.82) is 0 Å². The summed E-state index contributed by atoms with van der Waals surface area (Å²) in [6.07, 6.45) is 3.25. The minimum Gasteiger partial charge on any atom is -0.352 e. The van der Waals surface area contributed by atoms with Gasteiger partial charge in [0.1, 0.15) is 17.7 Å². The Hall–Kier alpha value is -1.98. The fraction of sp³-hybridized carbons (Fsp3) is 0.467. The van der Waals surface area contributed by atoms with Gasteiger partial charge in [-0.2, -0.15) is 0 Å². The fourth-order valence-electron chi connectivity index (χ4n) is 2.65. The molecule has 2 amide bonds. The van der Waals surface area contributed by atoms with Crippen LogP contribution in [0.1, 0.15) is 36.0 Å². The molecule has 1 aromatic rings. The van der Waals surface area contributed by atoms with E-state index in [9.17, 15) is 18.4 Å². The molecule has 0 aromatic heterocycles. The second-order valence-electron chi connectivity index (χ2n) is 5.60. The van der Waals surface area contributed by atoms with E-state index in [1.807, 2.05) is 0 Å². The molecule has 0 spiro atoms. The number of hydrogen-bond donors (Lipinski definition) is 1. The van der Waals surface area contributed by atoms with Crippen molar-refractivity contribution in [3.63, 3.8) is 0 Å². The SMILES string of the molecule is O=C(NC1CC1)C1CCCN1C(=O)c1cc(F)cc(F)c1. The van der Waals surface area contributed by atoms with Gasteiger partial charge in [-0.3, -0.25) is 9.59 Å².